The highest BCUT2D eigenvalue weighted by Crippen LogP contribution is 2.28. The van der Waals surface area contributed by atoms with Gasteiger partial charge in [0.15, 0.2) is 0 Å². The molecule has 3 heteroatoms. The summed E-state index contributed by atoms with van der Waals surface area (Å²) in [6, 6.07) is 7.29. The summed E-state index contributed by atoms with van der Waals surface area (Å²) >= 11 is 3.52. The number of likely N-dealkylation sites (tertiary alicyclic amines) is 1. The maximum atomic E-state index is 3.56. The van der Waals surface area contributed by atoms with Crippen LogP contribution in [0.3, 0.4) is 0 Å². The fraction of sp³-hybridized carbons (Fsp3) is 0.538. The molecule has 0 bridgehead atoms. The second kappa shape index (κ2) is 4.38. The van der Waals surface area contributed by atoms with Crippen molar-refractivity contribution in [2.75, 3.05) is 25.0 Å². The molecule has 1 fully saturated rings. The molecule has 1 aromatic carbocycles. The minimum Gasteiger partial charge on any atom is -0.383 e. The minimum absolute atomic E-state index is 0.705. The minimum atomic E-state index is 0.705. The van der Waals surface area contributed by atoms with E-state index in [9.17, 15) is 0 Å². The lowest BCUT2D eigenvalue weighted by atomic mass is 9.99. The lowest BCUT2D eigenvalue weighted by molar-refractivity contribution is 0.247. The van der Waals surface area contributed by atoms with Crippen molar-refractivity contribution in [3.8, 4) is 0 Å². The molecule has 1 atom stereocenters. The zero-order valence-electron chi connectivity index (χ0n) is 9.38. The third-order valence-corrected chi connectivity index (χ3v) is 4.21. The Kier molecular flexibility index (Phi) is 2.90. The van der Waals surface area contributed by atoms with E-state index < -0.39 is 0 Å². The van der Waals surface area contributed by atoms with Crippen LogP contribution in [-0.4, -0.2) is 30.6 Å². The predicted octanol–water partition coefficient (Wildman–Crippen LogP) is 2.88. The highest BCUT2D eigenvalue weighted by atomic mass is 79.9. The van der Waals surface area contributed by atoms with Crippen LogP contribution in [0.4, 0.5) is 5.69 Å². The van der Waals surface area contributed by atoms with Crippen LogP contribution in [0.1, 0.15) is 18.4 Å². The average Bonchev–Trinajstić information content (AvgIpc) is 2.82. The second-order valence-corrected chi connectivity index (χ2v) is 5.70. The van der Waals surface area contributed by atoms with Crippen molar-refractivity contribution < 1.29 is 0 Å². The number of fused-ring (bicyclic) bond motifs is 1. The Balaban J connectivity index is 1.78. The van der Waals surface area contributed by atoms with Gasteiger partial charge in [-0.15, -0.1) is 0 Å². The van der Waals surface area contributed by atoms with Gasteiger partial charge in [-0.05, 0) is 50.0 Å². The molecule has 16 heavy (non-hydrogen) atoms. The quantitative estimate of drug-likeness (QED) is 0.851. The molecule has 2 nitrogen and oxygen atoms in total. The molecule has 1 unspecified atom stereocenters. The molecule has 2 aliphatic rings. The first-order chi connectivity index (χ1) is 7.83. The first-order valence-corrected chi connectivity index (χ1v) is 6.88. The molecule has 0 saturated carbocycles. The van der Waals surface area contributed by atoms with Crippen LogP contribution in [0.2, 0.25) is 0 Å². The standard InChI is InChI=1S/C13H17BrN2/c14-11-4-3-10-7-12(9-15-13(10)8-11)16-5-1-2-6-16/h3-4,8,12,15H,1-2,5-7,9H2. The van der Waals surface area contributed by atoms with Gasteiger partial charge in [-0.3, -0.25) is 4.90 Å². The van der Waals surface area contributed by atoms with Crippen LogP contribution >= 0.6 is 15.9 Å². The zero-order chi connectivity index (χ0) is 11.0. The van der Waals surface area contributed by atoms with Gasteiger partial charge in [-0.25, -0.2) is 0 Å². The van der Waals surface area contributed by atoms with Crippen molar-refractivity contribution in [3.05, 3.63) is 28.2 Å². The molecule has 0 amide bonds. The van der Waals surface area contributed by atoms with Crippen LogP contribution in [0.15, 0.2) is 22.7 Å². The van der Waals surface area contributed by atoms with Crippen molar-refractivity contribution in [2.45, 2.75) is 25.3 Å². The topological polar surface area (TPSA) is 15.3 Å². The molecular formula is C13H17BrN2. The molecule has 0 aliphatic carbocycles. The maximum Gasteiger partial charge on any atom is 0.0385 e. The van der Waals surface area contributed by atoms with Gasteiger partial charge >= 0.3 is 0 Å². The van der Waals surface area contributed by atoms with E-state index in [1.165, 1.54) is 48.1 Å². The Labute approximate surface area is 105 Å². The molecule has 2 aliphatic heterocycles. The number of hydrogen-bond acceptors (Lipinski definition) is 2. The smallest absolute Gasteiger partial charge is 0.0385 e. The summed E-state index contributed by atoms with van der Waals surface area (Å²) < 4.78 is 1.17. The van der Waals surface area contributed by atoms with Crippen LogP contribution in [0, 0.1) is 0 Å². The molecular weight excluding hydrogens is 264 g/mol. The SMILES string of the molecule is Brc1ccc2c(c1)NCC(N1CCCC1)C2. The summed E-state index contributed by atoms with van der Waals surface area (Å²) in [6.07, 6.45) is 3.96. The third-order valence-electron chi connectivity index (χ3n) is 3.71. The number of halogens is 1. The van der Waals surface area contributed by atoms with E-state index >= 15 is 0 Å². The molecule has 2 heterocycles. The number of anilines is 1. The van der Waals surface area contributed by atoms with E-state index in [-0.39, 0.29) is 0 Å². The first kappa shape index (κ1) is 10.6. The monoisotopic (exact) mass is 280 g/mol. The lowest BCUT2D eigenvalue weighted by Crippen LogP contribution is -2.42. The average molecular weight is 281 g/mol. The van der Waals surface area contributed by atoms with Gasteiger partial charge in [0, 0.05) is 22.7 Å². The lowest BCUT2D eigenvalue weighted by Gasteiger charge is -2.33. The van der Waals surface area contributed by atoms with E-state index in [0.29, 0.717) is 6.04 Å². The molecule has 0 aromatic heterocycles. The van der Waals surface area contributed by atoms with Crippen LogP contribution in [-0.2, 0) is 6.42 Å². The van der Waals surface area contributed by atoms with Gasteiger partial charge in [0.05, 0.1) is 0 Å². The summed E-state index contributed by atoms with van der Waals surface area (Å²) in [4.78, 5) is 2.64. The molecule has 1 saturated heterocycles. The van der Waals surface area contributed by atoms with E-state index in [1.54, 1.807) is 0 Å². The zero-order valence-corrected chi connectivity index (χ0v) is 11.0. The predicted molar refractivity (Wildman–Crippen MR) is 70.9 cm³/mol. The molecule has 3 rings (SSSR count). The van der Waals surface area contributed by atoms with Crippen molar-refractivity contribution in [1.29, 1.82) is 0 Å². The molecule has 1 N–H and O–H groups in total. The van der Waals surface area contributed by atoms with Crippen molar-refractivity contribution in [3.63, 3.8) is 0 Å². The Morgan fingerprint density at radius 2 is 2.06 bits per heavy atom. The number of benzene rings is 1. The molecule has 1 aromatic rings. The van der Waals surface area contributed by atoms with Crippen LogP contribution in [0.25, 0.3) is 0 Å². The molecule has 86 valence electrons. The Morgan fingerprint density at radius 1 is 1.25 bits per heavy atom. The highest BCUT2D eigenvalue weighted by Gasteiger charge is 2.25. The van der Waals surface area contributed by atoms with Crippen LogP contribution in [0.5, 0.6) is 0 Å². The van der Waals surface area contributed by atoms with E-state index in [0.717, 1.165) is 6.54 Å². The number of hydrogen-bond donors (Lipinski definition) is 1. The first-order valence-electron chi connectivity index (χ1n) is 6.09. The molecule has 0 radical (unpaired) electrons. The summed E-state index contributed by atoms with van der Waals surface area (Å²) in [5.74, 6) is 0. The Morgan fingerprint density at radius 3 is 2.88 bits per heavy atom. The van der Waals surface area contributed by atoms with Gasteiger partial charge in [-0.1, -0.05) is 22.0 Å². The summed E-state index contributed by atoms with van der Waals surface area (Å²) in [6.45, 7) is 3.68. The summed E-state index contributed by atoms with van der Waals surface area (Å²) in [5, 5.41) is 3.56. The van der Waals surface area contributed by atoms with Crippen LogP contribution < -0.4 is 5.32 Å². The number of nitrogens with zero attached hydrogens (tertiary/aromatic N) is 1. The largest absolute Gasteiger partial charge is 0.383 e. The van der Waals surface area contributed by atoms with E-state index in [1.807, 2.05) is 0 Å². The van der Waals surface area contributed by atoms with Gasteiger partial charge in [-0.2, -0.15) is 0 Å². The fourth-order valence-corrected chi connectivity index (χ4v) is 3.17. The van der Waals surface area contributed by atoms with Gasteiger partial charge in [0.25, 0.3) is 0 Å². The van der Waals surface area contributed by atoms with Crippen molar-refractivity contribution >= 4 is 21.6 Å². The third kappa shape index (κ3) is 1.98. The summed E-state index contributed by atoms with van der Waals surface area (Å²) in [7, 11) is 0. The normalized spacial score (nSPS) is 25.2. The van der Waals surface area contributed by atoms with Gasteiger partial charge in [0.2, 0.25) is 0 Å². The summed E-state index contributed by atoms with van der Waals surface area (Å²) in [5.41, 5.74) is 2.77. The maximum absolute atomic E-state index is 3.56. The highest BCUT2D eigenvalue weighted by molar-refractivity contribution is 9.10. The van der Waals surface area contributed by atoms with Gasteiger partial charge < -0.3 is 5.32 Å². The number of nitrogens with one attached hydrogen (secondary N) is 1. The Hall–Kier alpha value is -0.540. The van der Waals surface area contributed by atoms with E-state index in [2.05, 4.69) is 44.3 Å². The molecule has 0 spiro atoms. The van der Waals surface area contributed by atoms with Gasteiger partial charge in [0.1, 0.15) is 0 Å². The fourth-order valence-electron chi connectivity index (χ4n) is 2.81. The second-order valence-electron chi connectivity index (χ2n) is 4.78. The Bertz CT molecular complexity index is 386. The van der Waals surface area contributed by atoms with Crippen molar-refractivity contribution in [2.24, 2.45) is 0 Å². The van der Waals surface area contributed by atoms with E-state index in [4.69, 9.17) is 0 Å². The number of rotatable bonds is 1. The van der Waals surface area contributed by atoms with Crippen molar-refractivity contribution in [1.82, 2.24) is 4.90 Å².